The fraction of sp³-hybridized carbons (Fsp3) is 0.543. The van der Waals surface area contributed by atoms with Crippen molar-refractivity contribution in [3.05, 3.63) is 70.3 Å². The summed E-state index contributed by atoms with van der Waals surface area (Å²) in [6.45, 7) is 3.82. The summed E-state index contributed by atoms with van der Waals surface area (Å²) in [6, 6.07) is 11.2. The van der Waals surface area contributed by atoms with Crippen molar-refractivity contribution >= 4 is 29.2 Å². The van der Waals surface area contributed by atoms with E-state index in [4.69, 9.17) is 16.3 Å². The lowest BCUT2D eigenvalue weighted by Gasteiger charge is -2.45. The van der Waals surface area contributed by atoms with Gasteiger partial charge in [-0.2, -0.15) is 0 Å². The Morgan fingerprint density at radius 1 is 1.18 bits per heavy atom. The summed E-state index contributed by atoms with van der Waals surface area (Å²) < 4.78 is 6.58. The molecular weight excluding hydrogens is 580 g/mol. The number of carbonyl (C=O) groups excluding carboxylic acids is 1. The van der Waals surface area contributed by atoms with Crippen LogP contribution in [0.2, 0.25) is 5.02 Å². The zero-order chi connectivity index (χ0) is 31.2. The van der Waals surface area contributed by atoms with Crippen molar-refractivity contribution in [2.45, 2.75) is 69.0 Å². The zero-order valence-electron chi connectivity index (χ0n) is 25.5. The van der Waals surface area contributed by atoms with Gasteiger partial charge in [0, 0.05) is 37.1 Å². The standard InChI is InChI=1S/C35H43ClN2O6/c1-3-27-32(40)37(2)16-5-4-8-30(39)26-12-9-23(26)19-38-20-34(15-6-7-22-17-25(36)11-13-28(22)34)21-44-31-14-10-24(18-29(31)38)35(27,43)33(41)42/h4,8,10-11,13-14,17-18,23,26-27,30,39,43H,3,5-7,9,12,15-16,19-21H2,1-2H3,(H,41,42)/b8-4-/t23-,26+,27-,30-,34-,35-/m0/s1. The Hall–Kier alpha value is -3.07. The average molecular weight is 623 g/mol. The molecule has 2 aromatic rings. The number of amides is 1. The molecule has 0 unspecified atom stereocenters. The molecule has 6 rings (SSSR count). The number of halogens is 1. The van der Waals surface area contributed by atoms with Crippen molar-refractivity contribution in [1.29, 1.82) is 0 Å². The molecule has 1 spiro atoms. The summed E-state index contributed by atoms with van der Waals surface area (Å²) in [5.41, 5.74) is 0.575. The number of benzene rings is 2. The van der Waals surface area contributed by atoms with Gasteiger partial charge in [-0.1, -0.05) is 42.8 Å². The molecule has 9 heteroatoms. The maximum atomic E-state index is 13.6. The number of anilines is 1. The maximum absolute atomic E-state index is 13.6. The predicted octanol–water partition coefficient (Wildman–Crippen LogP) is 4.92. The first kappa shape index (κ1) is 30.9. The number of nitrogens with zero attached hydrogens (tertiary/aromatic N) is 2. The number of aryl methyl sites for hydroxylation is 1. The number of hydrogen-bond acceptors (Lipinski definition) is 6. The Morgan fingerprint density at radius 2 is 2.00 bits per heavy atom. The van der Waals surface area contributed by atoms with E-state index in [1.165, 1.54) is 16.0 Å². The minimum Gasteiger partial charge on any atom is -0.490 e. The van der Waals surface area contributed by atoms with E-state index in [0.29, 0.717) is 49.1 Å². The van der Waals surface area contributed by atoms with Crippen LogP contribution in [-0.4, -0.2) is 71.5 Å². The monoisotopic (exact) mass is 622 g/mol. The van der Waals surface area contributed by atoms with Crippen LogP contribution in [0.3, 0.4) is 0 Å². The summed E-state index contributed by atoms with van der Waals surface area (Å²) in [4.78, 5) is 30.3. The lowest BCUT2D eigenvalue weighted by molar-refractivity contribution is -0.173. The van der Waals surface area contributed by atoms with E-state index >= 15 is 0 Å². The maximum Gasteiger partial charge on any atom is 0.341 e. The fourth-order valence-corrected chi connectivity index (χ4v) is 8.25. The number of ether oxygens (including phenoxy) is 1. The molecule has 2 aliphatic carbocycles. The molecule has 1 fully saturated rings. The Balaban J connectivity index is 1.49. The largest absolute Gasteiger partial charge is 0.490 e. The van der Waals surface area contributed by atoms with Crippen LogP contribution in [0.4, 0.5) is 5.69 Å². The van der Waals surface area contributed by atoms with Crippen LogP contribution in [-0.2, 0) is 27.0 Å². The molecule has 236 valence electrons. The number of carbonyl (C=O) groups is 2. The van der Waals surface area contributed by atoms with Gasteiger partial charge >= 0.3 is 5.97 Å². The lowest BCUT2D eigenvalue weighted by Crippen LogP contribution is -2.51. The van der Waals surface area contributed by atoms with Crippen molar-refractivity contribution in [3.8, 4) is 5.75 Å². The number of carboxylic acids is 1. The van der Waals surface area contributed by atoms with Gasteiger partial charge in [0.25, 0.3) is 0 Å². The minimum atomic E-state index is -2.43. The van der Waals surface area contributed by atoms with Crippen molar-refractivity contribution in [2.75, 3.05) is 38.2 Å². The van der Waals surface area contributed by atoms with E-state index in [2.05, 4.69) is 17.0 Å². The van der Waals surface area contributed by atoms with Crippen LogP contribution < -0.4 is 9.64 Å². The number of rotatable bonds is 2. The first-order chi connectivity index (χ1) is 21.1. The molecule has 8 nitrogen and oxygen atoms in total. The van der Waals surface area contributed by atoms with Crippen LogP contribution in [0.5, 0.6) is 5.75 Å². The third kappa shape index (κ3) is 5.29. The smallest absolute Gasteiger partial charge is 0.341 e. The molecule has 0 radical (unpaired) electrons. The third-order valence-electron chi connectivity index (χ3n) is 10.7. The van der Waals surface area contributed by atoms with Gasteiger partial charge in [-0.3, -0.25) is 4.79 Å². The van der Waals surface area contributed by atoms with E-state index in [1.54, 1.807) is 32.2 Å². The van der Waals surface area contributed by atoms with Crippen LogP contribution in [0.15, 0.2) is 48.6 Å². The van der Waals surface area contributed by atoms with Gasteiger partial charge in [0.05, 0.1) is 24.3 Å². The highest BCUT2D eigenvalue weighted by Gasteiger charge is 2.51. The van der Waals surface area contributed by atoms with E-state index in [-0.39, 0.29) is 29.2 Å². The molecule has 2 aromatic carbocycles. The Kier molecular flexibility index (Phi) is 8.46. The number of aliphatic hydroxyl groups is 2. The number of aliphatic hydroxyl groups excluding tert-OH is 1. The number of hydrogen-bond donors (Lipinski definition) is 3. The summed E-state index contributed by atoms with van der Waals surface area (Å²) >= 11 is 6.40. The first-order valence-electron chi connectivity index (χ1n) is 15.9. The van der Waals surface area contributed by atoms with Gasteiger partial charge < -0.3 is 29.9 Å². The molecule has 1 saturated carbocycles. The SMILES string of the molecule is CC[C@H]1C(=O)N(C)CC/C=C\[C@H](O)[C@@H]2CC[C@H]2CN2C[C@@]3(CCCc4cc(Cl)ccc43)COc3ccc(cc32)[C@@]1(O)C(=O)O. The Bertz CT molecular complexity index is 1460. The number of carboxylic acid groups (broad SMARTS) is 1. The highest BCUT2D eigenvalue weighted by molar-refractivity contribution is 6.30. The molecule has 1 amide bonds. The lowest BCUT2D eigenvalue weighted by atomic mass is 9.68. The molecule has 2 heterocycles. The van der Waals surface area contributed by atoms with Gasteiger partial charge in [0.1, 0.15) is 5.75 Å². The quantitative estimate of drug-likeness (QED) is 0.408. The van der Waals surface area contributed by atoms with Crippen LogP contribution in [0.1, 0.15) is 62.1 Å². The van der Waals surface area contributed by atoms with Crippen molar-refractivity contribution < 1.29 is 29.6 Å². The highest BCUT2D eigenvalue weighted by Crippen LogP contribution is 2.48. The summed E-state index contributed by atoms with van der Waals surface area (Å²) in [6.07, 6.45) is 8.60. The summed E-state index contributed by atoms with van der Waals surface area (Å²) in [7, 11) is 1.63. The second kappa shape index (κ2) is 12.0. The van der Waals surface area contributed by atoms with Crippen molar-refractivity contribution in [1.82, 2.24) is 4.90 Å². The molecule has 0 aromatic heterocycles. The van der Waals surface area contributed by atoms with Crippen LogP contribution in [0, 0.1) is 17.8 Å². The van der Waals surface area contributed by atoms with Gasteiger partial charge in [-0.05, 0) is 97.7 Å². The molecule has 0 saturated heterocycles. The van der Waals surface area contributed by atoms with E-state index in [9.17, 15) is 24.9 Å². The fourth-order valence-electron chi connectivity index (χ4n) is 8.05. The van der Waals surface area contributed by atoms with Gasteiger partial charge in [0.15, 0.2) is 5.60 Å². The molecule has 2 bridgehead atoms. The highest BCUT2D eigenvalue weighted by atomic mass is 35.5. The number of aliphatic carboxylic acids is 1. The number of fused-ring (bicyclic) bond motifs is 4. The normalized spacial score (nSPS) is 33.0. The van der Waals surface area contributed by atoms with Crippen LogP contribution >= 0.6 is 11.6 Å². The van der Waals surface area contributed by atoms with Gasteiger partial charge in [0.2, 0.25) is 5.91 Å². The van der Waals surface area contributed by atoms with Crippen LogP contribution in [0.25, 0.3) is 0 Å². The average Bonchev–Trinajstić information content (AvgIpc) is 3.13. The Labute approximate surface area is 264 Å². The first-order valence-corrected chi connectivity index (χ1v) is 16.3. The van der Waals surface area contributed by atoms with Gasteiger partial charge in [-0.25, -0.2) is 4.79 Å². The van der Waals surface area contributed by atoms with Gasteiger partial charge in [-0.15, -0.1) is 0 Å². The molecule has 6 atom stereocenters. The van der Waals surface area contributed by atoms with E-state index in [0.717, 1.165) is 32.1 Å². The Morgan fingerprint density at radius 3 is 2.73 bits per heavy atom. The van der Waals surface area contributed by atoms with Crippen molar-refractivity contribution in [2.24, 2.45) is 17.8 Å². The van der Waals surface area contributed by atoms with Crippen molar-refractivity contribution in [3.63, 3.8) is 0 Å². The summed E-state index contributed by atoms with van der Waals surface area (Å²) in [5, 5.41) is 34.3. The van der Waals surface area contributed by atoms with E-state index < -0.39 is 29.5 Å². The molecule has 4 aliphatic rings. The predicted molar refractivity (Wildman–Crippen MR) is 169 cm³/mol. The minimum absolute atomic E-state index is 0.100. The second-order valence-electron chi connectivity index (χ2n) is 13.3. The van der Waals surface area contributed by atoms with E-state index in [1.807, 2.05) is 18.2 Å². The second-order valence-corrected chi connectivity index (χ2v) is 13.7. The summed E-state index contributed by atoms with van der Waals surface area (Å²) in [5.74, 6) is -2.13. The topological polar surface area (TPSA) is 111 Å². The zero-order valence-corrected chi connectivity index (χ0v) is 26.3. The third-order valence-corrected chi connectivity index (χ3v) is 11.0. The molecule has 2 aliphatic heterocycles. The molecular formula is C35H43ClN2O6. The molecule has 3 N–H and O–H groups in total. The molecule has 44 heavy (non-hydrogen) atoms.